The molecule has 2 aliphatic heterocycles. The number of likely N-dealkylation sites (tertiary alicyclic amines) is 1. The minimum atomic E-state index is -4.79. The Kier molecular flexibility index (Phi) is 9.57. The van der Waals surface area contributed by atoms with E-state index < -0.39 is 17.8 Å². The summed E-state index contributed by atoms with van der Waals surface area (Å²) in [4.78, 5) is 49.0. The first-order chi connectivity index (χ1) is 22.3. The standard InChI is InChI=1S/C31H37F3N10O3/c1-4-20-15-21(38-28(45)27-37-16-25(40(27)3)23-17-44(10-8-35)39-26(23)31(32,33)34)5-6-22(20)29(46)41-11-13-42(14-12-41)30(47)43-9-7-19(2)24(36)18-43/h5-6,15-17,19,24H,4,7,9-14,18,36H2,1-3H3,(H,38,45)/t19-,24+/m0/s1. The van der Waals surface area contributed by atoms with Crippen LogP contribution in [0.1, 0.15) is 52.5 Å². The van der Waals surface area contributed by atoms with E-state index >= 15 is 0 Å². The molecule has 4 amide bonds. The van der Waals surface area contributed by atoms with Crippen molar-refractivity contribution in [1.29, 1.82) is 5.26 Å². The molecule has 1 aromatic carbocycles. The van der Waals surface area contributed by atoms with Crippen molar-refractivity contribution in [3.63, 3.8) is 0 Å². The van der Waals surface area contributed by atoms with E-state index in [9.17, 15) is 27.6 Å². The van der Waals surface area contributed by atoms with Crippen LogP contribution in [0, 0.1) is 17.2 Å². The van der Waals surface area contributed by atoms with Gasteiger partial charge in [-0.1, -0.05) is 13.8 Å². The lowest BCUT2D eigenvalue weighted by Crippen LogP contribution is -2.57. The molecule has 3 aromatic rings. The molecular weight excluding hydrogens is 617 g/mol. The van der Waals surface area contributed by atoms with E-state index in [0.717, 1.165) is 23.5 Å². The highest BCUT2D eigenvalue weighted by atomic mass is 19.4. The van der Waals surface area contributed by atoms with Gasteiger partial charge in [-0.15, -0.1) is 0 Å². The van der Waals surface area contributed by atoms with Gasteiger partial charge in [-0.2, -0.15) is 23.5 Å². The quantitative estimate of drug-likeness (QED) is 0.413. The van der Waals surface area contributed by atoms with E-state index in [2.05, 4.69) is 22.3 Å². The molecule has 0 spiro atoms. The van der Waals surface area contributed by atoms with Gasteiger partial charge in [0.1, 0.15) is 6.54 Å². The zero-order chi connectivity index (χ0) is 34.0. The van der Waals surface area contributed by atoms with Crippen molar-refractivity contribution in [3.05, 3.63) is 53.2 Å². The van der Waals surface area contributed by atoms with Gasteiger partial charge in [0.25, 0.3) is 11.8 Å². The predicted octanol–water partition coefficient (Wildman–Crippen LogP) is 3.19. The SMILES string of the molecule is CCc1cc(NC(=O)c2ncc(-c3cn(CC#N)nc3C(F)(F)F)n2C)ccc1C(=O)N1CCN(C(=O)N2CC[C@H](C)[C@H](N)C2)CC1. The third-order valence-corrected chi connectivity index (χ3v) is 8.83. The molecule has 13 nitrogen and oxygen atoms in total. The fourth-order valence-electron chi connectivity index (χ4n) is 5.95. The Morgan fingerprint density at radius 2 is 1.81 bits per heavy atom. The molecule has 2 aliphatic rings. The Labute approximate surface area is 269 Å². The first-order valence-electron chi connectivity index (χ1n) is 15.4. The summed E-state index contributed by atoms with van der Waals surface area (Å²) >= 11 is 0. The minimum absolute atomic E-state index is 0.00208. The highest BCUT2D eigenvalue weighted by molar-refractivity contribution is 6.03. The number of anilines is 1. The van der Waals surface area contributed by atoms with Crippen LogP contribution in [0.15, 0.2) is 30.6 Å². The zero-order valence-corrected chi connectivity index (χ0v) is 26.4. The number of carbonyl (C=O) groups excluding carboxylic acids is 3. The van der Waals surface area contributed by atoms with Crippen molar-refractivity contribution in [2.75, 3.05) is 44.6 Å². The van der Waals surface area contributed by atoms with Crippen molar-refractivity contribution in [2.45, 2.75) is 45.5 Å². The van der Waals surface area contributed by atoms with Crippen LogP contribution in [0.3, 0.4) is 0 Å². The summed E-state index contributed by atoms with van der Waals surface area (Å²) in [5.74, 6) is -0.612. The highest BCUT2D eigenvalue weighted by Gasteiger charge is 2.39. The molecule has 0 bridgehead atoms. The van der Waals surface area contributed by atoms with Crippen molar-refractivity contribution in [3.8, 4) is 17.3 Å². The lowest BCUT2D eigenvalue weighted by atomic mass is 9.94. The summed E-state index contributed by atoms with van der Waals surface area (Å²) in [6.45, 7) is 6.39. The van der Waals surface area contributed by atoms with Gasteiger partial charge in [-0.3, -0.25) is 14.3 Å². The van der Waals surface area contributed by atoms with Gasteiger partial charge in [0, 0.05) is 69.8 Å². The first kappa shape index (κ1) is 33.5. The number of nitrogens with two attached hydrogens (primary N) is 1. The average molecular weight is 655 g/mol. The highest BCUT2D eigenvalue weighted by Crippen LogP contribution is 2.36. The Morgan fingerprint density at radius 1 is 1.11 bits per heavy atom. The number of halogens is 3. The molecule has 16 heteroatoms. The number of nitrogens with zero attached hydrogens (tertiary/aromatic N) is 8. The molecule has 3 N–H and O–H groups in total. The van der Waals surface area contributed by atoms with E-state index in [0.29, 0.717) is 68.4 Å². The zero-order valence-electron chi connectivity index (χ0n) is 26.4. The number of urea groups is 1. The number of alkyl halides is 3. The van der Waals surface area contributed by atoms with Gasteiger partial charge in [-0.25, -0.2) is 9.78 Å². The third-order valence-electron chi connectivity index (χ3n) is 8.83. The second-order valence-corrected chi connectivity index (χ2v) is 11.9. The van der Waals surface area contributed by atoms with Crippen LogP contribution in [0.4, 0.5) is 23.7 Å². The number of nitrogens with one attached hydrogen (secondary N) is 1. The Morgan fingerprint density at radius 3 is 2.45 bits per heavy atom. The van der Waals surface area contributed by atoms with Crippen molar-refractivity contribution in [2.24, 2.45) is 18.7 Å². The summed E-state index contributed by atoms with van der Waals surface area (Å²) < 4.78 is 43.1. The number of rotatable bonds is 6. The number of nitriles is 1. The lowest BCUT2D eigenvalue weighted by Gasteiger charge is -2.41. The number of piperidine rings is 1. The summed E-state index contributed by atoms with van der Waals surface area (Å²) in [7, 11) is 1.41. The van der Waals surface area contributed by atoms with Crippen molar-refractivity contribution < 1.29 is 27.6 Å². The maximum absolute atomic E-state index is 13.7. The van der Waals surface area contributed by atoms with E-state index in [1.54, 1.807) is 39.0 Å². The van der Waals surface area contributed by atoms with Gasteiger partial charge < -0.3 is 30.3 Å². The van der Waals surface area contributed by atoms with E-state index in [4.69, 9.17) is 11.0 Å². The second-order valence-electron chi connectivity index (χ2n) is 11.9. The van der Waals surface area contributed by atoms with Crippen LogP contribution in [0.5, 0.6) is 0 Å². The molecule has 250 valence electrons. The largest absolute Gasteiger partial charge is 0.435 e. The molecule has 2 aromatic heterocycles. The van der Waals surface area contributed by atoms with Crippen LogP contribution in [-0.4, -0.2) is 97.2 Å². The van der Waals surface area contributed by atoms with Crippen LogP contribution in [-0.2, 0) is 26.2 Å². The van der Waals surface area contributed by atoms with Crippen LogP contribution < -0.4 is 11.1 Å². The number of hydrogen-bond donors (Lipinski definition) is 2. The molecule has 2 fully saturated rings. The summed E-state index contributed by atoms with van der Waals surface area (Å²) in [6.07, 6.45) is -1.19. The fraction of sp³-hybridized carbons (Fsp3) is 0.484. The number of aryl methyl sites for hydroxylation is 1. The fourth-order valence-corrected chi connectivity index (χ4v) is 5.95. The predicted molar refractivity (Wildman–Crippen MR) is 165 cm³/mol. The molecule has 5 rings (SSSR count). The molecule has 47 heavy (non-hydrogen) atoms. The van der Waals surface area contributed by atoms with Crippen molar-refractivity contribution in [1.82, 2.24) is 34.0 Å². The molecular formula is C31H37F3N10O3. The van der Waals surface area contributed by atoms with Crippen LogP contribution in [0.2, 0.25) is 0 Å². The number of imidazole rings is 1. The molecule has 2 saturated heterocycles. The van der Waals surface area contributed by atoms with E-state index in [-0.39, 0.29) is 41.6 Å². The van der Waals surface area contributed by atoms with Crippen LogP contribution >= 0.6 is 0 Å². The third kappa shape index (κ3) is 6.94. The Hall–Kier alpha value is -4.91. The summed E-state index contributed by atoms with van der Waals surface area (Å²) in [5.41, 5.74) is 6.23. The van der Waals surface area contributed by atoms with E-state index in [1.807, 2.05) is 6.92 Å². The normalized spacial score (nSPS) is 18.6. The summed E-state index contributed by atoms with van der Waals surface area (Å²) in [5, 5.41) is 15.1. The van der Waals surface area contributed by atoms with Gasteiger partial charge in [0.05, 0.1) is 23.5 Å². The van der Waals surface area contributed by atoms with Crippen molar-refractivity contribution >= 4 is 23.5 Å². The monoisotopic (exact) mass is 654 g/mol. The number of hydrogen-bond acceptors (Lipinski definition) is 7. The molecule has 0 radical (unpaired) electrons. The number of amides is 4. The number of carbonyl (C=O) groups is 3. The first-order valence-corrected chi connectivity index (χ1v) is 15.4. The molecule has 0 aliphatic carbocycles. The molecule has 2 atom stereocenters. The summed E-state index contributed by atoms with van der Waals surface area (Å²) in [6, 6.07) is 6.56. The van der Waals surface area contributed by atoms with Gasteiger partial charge in [-0.05, 0) is 42.5 Å². The minimum Gasteiger partial charge on any atom is -0.335 e. The lowest BCUT2D eigenvalue weighted by molar-refractivity contribution is -0.141. The molecule has 4 heterocycles. The molecule has 0 saturated carbocycles. The molecule has 0 unspecified atom stereocenters. The number of aromatic nitrogens is 4. The van der Waals surface area contributed by atoms with E-state index in [1.165, 1.54) is 11.6 Å². The van der Waals surface area contributed by atoms with Gasteiger partial charge in [0.15, 0.2) is 11.5 Å². The number of piperazine rings is 1. The Bertz CT molecular complexity index is 1700. The van der Waals surface area contributed by atoms with Gasteiger partial charge in [0.2, 0.25) is 0 Å². The maximum atomic E-state index is 13.7. The second kappa shape index (κ2) is 13.4. The number of benzene rings is 1. The maximum Gasteiger partial charge on any atom is 0.435 e. The Balaban J connectivity index is 1.25. The van der Waals surface area contributed by atoms with Gasteiger partial charge >= 0.3 is 12.2 Å². The van der Waals surface area contributed by atoms with Crippen LogP contribution in [0.25, 0.3) is 11.3 Å². The smallest absolute Gasteiger partial charge is 0.335 e. The average Bonchev–Trinajstić information content (AvgIpc) is 3.65. The topological polar surface area (TPSA) is 158 Å².